The van der Waals surface area contributed by atoms with Crippen LogP contribution in [0.25, 0.3) is 11.0 Å². The number of alkyl halides is 1. The van der Waals surface area contributed by atoms with Gasteiger partial charge in [-0.05, 0) is 30.2 Å². The molecule has 0 bridgehead atoms. The molecule has 0 radical (unpaired) electrons. The van der Waals surface area contributed by atoms with Crippen LogP contribution in [0.2, 0.25) is 0 Å². The number of halogens is 1. The first-order chi connectivity index (χ1) is 8.75. The van der Waals surface area contributed by atoms with Crippen molar-refractivity contribution < 1.29 is 4.42 Å². The minimum absolute atomic E-state index is 0.103. The van der Waals surface area contributed by atoms with Crippen molar-refractivity contribution in [2.45, 2.75) is 11.8 Å². The van der Waals surface area contributed by atoms with Gasteiger partial charge in [0.05, 0.1) is 4.83 Å². The van der Waals surface area contributed by atoms with Gasteiger partial charge >= 0.3 is 0 Å². The molecule has 2 heteroatoms. The second-order valence-electron chi connectivity index (χ2n) is 4.41. The van der Waals surface area contributed by atoms with E-state index in [1.807, 2.05) is 18.2 Å². The zero-order valence-electron chi connectivity index (χ0n) is 10.1. The minimum atomic E-state index is 0.103. The quantitative estimate of drug-likeness (QED) is 0.591. The summed E-state index contributed by atoms with van der Waals surface area (Å²) in [5.74, 6) is 0.950. The minimum Gasteiger partial charge on any atom is -0.460 e. The molecule has 90 valence electrons. The van der Waals surface area contributed by atoms with Crippen LogP contribution in [-0.2, 0) is 0 Å². The van der Waals surface area contributed by atoms with Crippen LogP contribution in [0.5, 0.6) is 0 Å². The second-order valence-corrected chi connectivity index (χ2v) is 5.32. The standard InChI is InChI=1S/C16H13BrO/c1-11-6-2-4-8-13(11)16(17)15-10-12-7-3-5-9-14(12)18-15/h2-10,16H,1H3. The van der Waals surface area contributed by atoms with Gasteiger partial charge in [-0.1, -0.05) is 58.4 Å². The molecule has 1 aromatic heterocycles. The Morgan fingerprint density at radius 1 is 1.00 bits per heavy atom. The maximum atomic E-state index is 5.89. The van der Waals surface area contributed by atoms with E-state index in [9.17, 15) is 0 Å². The van der Waals surface area contributed by atoms with E-state index in [1.54, 1.807) is 0 Å². The third kappa shape index (κ3) is 1.97. The van der Waals surface area contributed by atoms with Gasteiger partial charge in [-0.15, -0.1) is 0 Å². The number of furan rings is 1. The molecular formula is C16H13BrO. The molecule has 1 unspecified atom stereocenters. The van der Waals surface area contributed by atoms with Crippen molar-refractivity contribution >= 4 is 26.9 Å². The second kappa shape index (κ2) is 4.62. The highest BCUT2D eigenvalue weighted by atomic mass is 79.9. The summed E-state index contributed by atoms with van der Waals surface area (Å²) in [5.41, 5.74) is 3.45. The van der Waals surface area contributed by atoms with Crippen molar-refractivity contribution in [2.24, 2.45) is 0 Å². The molecule has 1 atom stereocenters. The highest BCUT2D eigenvalue weighted by Gasteiger charge is 2.16. The average molecular weight is 301 g/mol. The van der Waals surface area contributed by atoms with Gasteiger partial charge in [-0.2, -0.15) is 0 Å². The number of aryl methyl sites for hydroxylation is 1. The smallest absolute Gasteiger partial charge is 0.134 e. The number of hydrogen-bond donors (Lipinski definition) is 0. The Morgan fingerprint density at radius 3 is 2.50 bits per heavy atom. The molecule has 0 amide bonds. The Kier molecular flexibility index (Phi) is 2.96. The molecule has 18 heavy (non-hydrogen) atoms. The van der Waals surface area contributed by atoms with Gasteiger partial charge in [0.1, 0.15) is 11.3 Å². The Balaban J connectivity index is 2.07. The van der Waals surface area contributed by atoms with Crippen LogP contribution < -0.4 is 0 Å². The molecule has 0 aliphatic rings. The van der Waals surface area contributed by atoms with E-state index in [0.29, 0.717) is 0 Å². The van der Waals surface area contributed by atoms with Gasteiger partial charge in [0.2, 0.25) is 0 Å². The first kappa shape index (κ1) is 11.5. The molecule has 1 heterocycles. The van der Waals surface area contributed by atoms with Crippen molar-refractivity contribution in [1.82, 2.24) is 0 Å². The summed E-state index contributed by atoms with van der Waals surface area (Å²) in [5, 5.41) is 1.14. The molecule has 3 aromatic rings. The summed E-state index contributed by atoms with van der Waals surface area (Å²) in [6.07, 6.45) is 0. The van der Waals surface area contributed by atoms with Gasteiger partial charge in [0.25, 0.3) is 0 Å². The van der Waals surface area contributed by atoms with Gasteiger partial charge < -0.3 is 4.42 Å². The maximum Gasteiger partial charge on any atom is 0.134 e. The Bertz CT molecular complexity index is 651. The van der Waals surface area contributed by atoms with E-state index >= 15 is 0 Å². The van der Waals surface area contributed by atoms with Gasteiger partial charge in [0, 0.05) is 5.39 Å². The zero-order valence-corrected chi connectivity index (χ0v) is 11.6. The SMILES string of the molecule is Cc1ccccc1C(Br)c1cc2ccccc2o1. The summed E-state index contributed by atoms with van der Waals surface area (Å²) in [6.45, 7) is 2.12. The lowest BCUT2D eigenvalue weighted by Gasteiger charge is -2.10. The van der Waals surface area contributed by atoms with E-state index < -0.39 is 0 Å². The summed E-state index contributed by atoms with van der Waals surface area (Å²) >= 11 is 3.73. The number of benzene rings is 2. The summed E-state index contributed by atoms with van der Waals surface area (Å²) in [7, 11) is 0. The molecule has 0 aliphatic carbocycles. The largest absolute Gasteiger partial charge is 0.460 e. The number of hydrogen-bond acceptors (Lipinski definition) is 1. The zero-order chi connectivity index (χ0) is 12.5. The third-order valence-electron chi connectivity index (χ3n) is 3.16. The predicted octanol–water partition coefficient (Wildman–Crippen LogP) is 5.23. The summed E-state index contributed by atoms with van der Waals surface area (Å²) in [4.78, 5) is 0.103. The topological polar surface area (TPSA) is 13.1 Å². The van der Waals surface area contributed by atoms with Crippen LogP contribution in [0.3, 0.4) is 0 Å². The Hall–Kier alpha value is -1.54. The molecule has 0 saturated heterocycles. The molecule has 3 rings (SSSR count). The van der Waals surface area contributed by atoms with Crippen molar-refractivity contribution in [3.63, 3.8) is 0 Å². The first-order valence-electron chi connectivity index (χ1n) is 5.94. The molecular weight excluding hydrogens is 288 g/mol. The van der Waals surface area contributed by atoms with Crippen LogP contribution in [-0.4, -0.2) is 0 Å². The van der Waals surface area contributed by atoms with Crippen LogP contribution in [0.1, 0.15) is 21.7 Å². The first-order valence-corrected chi connectivity index (χ1v) is 6.85. The average Bonchev–Trinajstić information content (AvgIpc) is 2.82. The summed E-state index contributed by atoms with van der Waals surface area (Å²) in [6, 6.07) is 18.5. The van der Waals surface area contributed by atoms with Crippen molar-refractivity contribution in [3.05, 3.63) is 71.5 Å². The molecule has 0 saturated carbocycles. The van der Waals surface area contributed by atoms with Crippen LogP contribution in [0.15, 0.2) is 59.0 Å². The van der Waals surface area contributed by atoms with E-state index in [-0.39, 0.29) is 4.83 Å². The van der Waals surface area contributed by atoms with E-state index in [0.717, 1.165) is 16.7 Å². The fraction of sp³-hybridized carbons (Fsp3) is 0.125. The van der Waals surface area contributed by atoms with Gasteiger partial charge in [-0.25, -0.2) is 0 Å². The van der Waals surface area contributed by atoms with E-state index in [1.165, 1.54) is 11.1 Å². The lowest BCUT2D eigenvalue weighted by molar-refractivity contribution is 0.561. The van der Waals surface area contributed by atoms with Gasteiger partial charge in [-0.3, -0.25) is 0 Å². The summed E-state index contributed by atoms with van der Waals surface area (Å²) < 4.78 is 5.89. The van der Waals surface area contributed by atoms with Crippen LogP contribution in [0.4, 0.5) is 0 Å². The normalized spacial score (nSPS) is 12.8. The van der Waals surface area contributed by atoms with E-state index in [2.05, 4.69) is 59.3 Å². The molecule has 0 aliphatic heterocycles. The molecule has 1 nitrogen and oxygen atoms in total. The molecule has 0 spiro atoms. The fourth-order valence-corrected chi connectivity index (χ4v) is 2.89. The monoisotopic (exact) mass is 300 g/mol. The van der Waals surface area contributed by atoms with Crippen molar-refractivity contribution in [3.8, 4) is 0 Å². The number of rotatable bonds is 2. The number of fused-ring (bicyclic) bond motifs is 1. The number of para-hydroxylation sites is 1. The fourth-order valence-electron chi connectivity index (χ4n) is 2.15. The Morgan fingerprint density at radius 2 is 1.72 bits per heavy atom. The predicted molar refractivity (Wildman–Crippen MR) is 78.2 cm³/mol. The molecule has 2 aromatic carbocycles. The molecule has 0 N–H and O–H groups in total. The van der Waals surface area contributed by atoms with Crippen molar-refractivity contribution in [1.29, 1.82) is 0 Å². The van der Waals surface area contributed by atoms with Crippen LogP contribution in [0, 0.1) is 6.92 Å². The van der Waals surface area contributed by atoms with Crippen molar-refractivity contribution in [2.75, 3.05) is 0 Å². The van der Waals surface area contributed by atoms with Gasteiger partial charge in [0.15, 0.2) is 0 Å². The van der Waals surface area contributed by atoms with Crippen LogP contribution >= 0.6 is 15.9 Å². The highest BCUT2D eigenvalue weighted by molar-refractivity contribution is 9.09. The van der Waals surface area contributed by atoms with E-state index in [4.69, 9.17) is 4.42 Å². The maximum absolute atomic E-state index is 5.89. The Labute approximate surface area is 115 Å². The molecule has 0 fully saturated rings. The lowest BCUT2D eigenvalue weighted by atomic mass is 10.0. The lowest BCUT2D eigenvalue weighted by Crippen LogP contribution is -1.93. The third-order valence-corrected chi connectivity index (χ3v) is 4.10. The highest BCUT2D eigenvalue weighted by Crippen LogP contribution is 2.35.